The van der Waals surface area contributed by atoms with Crippen molar-refractivity contribution in [1.82, 2.24) is 5.32 Å². The van der Waals surface area contributed by atoms with Crippen molar-refractivity contribution in [2.45, 2.75) is 110 Å². The van der Waals surface area contributed by atoms with Crippen LogP contribution in [0.5, 0.6) is 0 Å². The maximum Gasteiger partial charge on any atom is 0.302 e. The lowest BCUT2D eigenvalue weighted by Gasteiger charge is -2.58. The van der Waals surface area contributed by atoms with Crippen LogP contribution in [-0.4, -0.2) is 30.4 Å². The highest BCUT2D eigenvalue weighted by Crippen LogP contribution is 2.70. The van der Waals surface area contributed by atoms with E-state index in [-0.39, 0.29) is 17.8 Å². The second-order valence-electron chi connectivity index (χ2n) is 13.4. The summed E-state index contributed by atoms with van der Waals surface area (Å²) in [5.74, 6) is 4.30. The van der Waals surface area contributed by atoms with Crippen LogP contribution in [-0.2, 0) is 14.3 Å². The van der Waals surface area contributed by atoms with Gasteiger partial charge in [-0.15, -0.1) is 0 Å². The normalized spacial score (nSPS) is 55.2. The quantitative estimate of drug-likeness (QED) is 0.397. The molecule has 0 bridgehead atoms. The van der Waals surface area contributed by atoms with Crippen molar-refractivity contribution in [3.8, 4) is 0 Å². The van der Waals surface area contributed by atoms with E-state index in [9.17, 15) is 4.79 Å². The van der Waals surface area contributed by atoms with Gasteiger partial charge in [0.15, 0.2) is 0 Å². The Morgan fingerprint density at radius 3 is 2.67 bits per heavy atom. The number of carbonyl (C=O) groups excluding carboxylic acids is 1. The summed E-state index contributed by atoms with van der Waals surface area (Å²) in [5.41, 5.74) is 2.24. The first-order valence-corrected chi connectivity index (χ1v) is 14.0. The van der Waals surface area contributed by atoms with Gasteiger partial charge in [-0.2, -0.15) is 0 Å². The summed E-state index contributed by atoms with van der Waals surface area (Å²) >= 11 is 0. The number of fused-ring (bicyclic) bond motifs is 7. The highest BCUT2D eigenvalue weighted by molar-refractivity contribution is 5.66. The van der Waals surface area contributed by atoms with Gasteiger partial charge in [0.25, 0.3) is 0 Å². The minimum Gasteiger partial charge on any atom is -0.462 e. The molecule has 0 radical (unpaired) electrons. The molecule has 0 amide bonds. The second-order valence-corrected chi connectivity index (χ2v) is 13.4. The van der Waals surface area contributed by atoms with E-state index in [1.165, 1.54) is 44.9 Å². The Kier molecular flexibility index (Phi) is 5.18. The number of carbonyl (C=O) groups is 1. The molecule has 2 aliphatic heterocycles. The van der Waals surface area contributed by atoms with E-state index in [0.29, 0.717) is 28.8 Å². The molecule has 3 saturated carbocycles. The molecule has 184 valence electrons. The predicted molar refractivity (Wildman–Crippen MR) is 129 cm³/mol. The molecule has 6 rings (SSSR count). The maximum atomic E-state index is 11.5. The first-order chi connectivity index (χ1) is 15.7. The smallest absolute Gasteiger partial charge is 0.302 e. The van der Waals surface area contributed by atoms with Gasteiger partial charge < -0.3 is 9.47 Å². The van der Waals surface area contributed by atoms with E-state index in [1.54, 1.807) is 12.5 Å². The Morgan fingerprint density at radius 1 is 1.12 bits per heavy atom. The third-order valence-electron chi connectivity index (χ3n) is 11.9. The fraction of sp³-hybridized carbons (Fsp3) is 0.897. The topological polar surface area (TPSA) is 47.6 Å². The Morgan fingerprint density at radius 2 is 1.94 bits per heavy atom. The second kappa shape index (κ2) is 7.56. The molecule has 2 heterocycles. The van der Waals surface area contributed by atoms with Gasteiger partial charge in [-0.25, -0.2) is 0 Å². The van der Waals surface area contributed by atoms with E-state index in [4.69, 9.17) is 9.47 Å². The number of ether oxygens (including phenoxy) is 2. The highest BCUT2D eigenvalue weighted by atomic mass is 16.5. The van der Waals surface area contributed by atoms with Crippen LogP contribution in [0.2, 0.25) is 0 Å². The predicted octanol–water partition coefficient (Wildman–Crippen LogP) is 5.86. The molecule has 1 N–H and O–H groups in total. The van der Waals surface area contributed by atoms with Gasteiger partial charge in [-0.3, -0.25) is 10.1 Å². The number of hydrogen-bond donors (Lipinski definition) is 1. The Labute approximate surface area is 200 Å². The molecule has 33 heavy (non-hydrogen) atoms. The van der Waals surface area contributed by atoms with Crippen molar-refractivity contribution in [3.63, 3.8) is 0 Å². The Bertz CT molecular complexity index is 844. The monoisotopic (exact) mass is 455 g/mol. The van der Waals surface area contributed by atoms with E-state index in [0.717, 1.165) is 43.1 Å². The van der Waals surface area contributed by atoms with Gasteiger partial charge in [0.05, 0.1) is 6.10 Å². The summed E-state index contributed by atoms with van der Waals surface area (Å²) in [7, 11) is 0. The summed E-state index contributed by atoms with van der Waals surface area (Å²) in [6, 6.07) is 0. The first kappa shape index (κ1) is 22.6. The van der Waals surface area contributed by atoms with Crippen molar-refractivity contribution in [3.05, 3.63) is 11.6 Å². The first-order valence-electron chi connectivity index (χ1n) is 14.0. The summed E-state index contributed by atoms with van der Waals surface area (Å²) in [5, 5.41) is 3.88. The lowest BCUT2D eigenvalue weighted by molar-refractivity contribution is -0.148. The van der Waals surface area contributed by atoms with Crippen molar-refractivity contribution in [1.29, 1.82) is 0 Å². The third kappa shape index (κ3) is 3.18. The van der Waals surface area contributed by atoms with E-state index < -0.39 is 0 Å². The Hall–Kier alpha value is -0.870. The maximum absolute atomic E-state index is 11.5. The van der Waals surface area contributed by atoms with Crippen molar-refractivity contribution >= 4 is 5.97 Å². The van der Waals surface area contributed by atoms with Crippen molar-refractivity contribution < 1.29 is 14.3 Å². The van der Waals surface area contributed by atoms with Gasteiger partial charge in [0.1, 0.15) is 11.8 Å². The van der Waals surface area contributed by atoms with Crippen LogP contribution in [0.15, 0.2) is 11.6 Å². The minimum atomic E-state index is -0.127. The average molecular weight is 456 g/mol. The molecule has 0 unspecified atom stereocenters. The molecule has 0 aromatic heterocycles. The SMILES string of the molecule is CC(=O)O[C@H]1CC[C@@]2(C)C(=CC[C@H]3[C@@H]4C[C@@H]5O[C@@]6(CC[C@H](C)CN6)[C@H](C)[C@@H]5[C@@]4(C)CC[C@@H]32)C1. The number of esters is 1. The van der Waals surface area contributed by atoms with Crippen LogP contribution in [0, 0.1) is 46.3 Å². The van der Waals surface area contributed by atoms with Gasteiger partial charge in [0.2, 0.25) is 0 Å². The largest absolute Gasteiger partial charge is 0.462 e. The molecule has 0 aromatic carbocycles. The molecule has 1 spiro atoms. The molecule has 5 fully saturated rings. The third-order valence-corrected chi connectivity index (χ3v) is 11.9. The average Bonchev–Trinajstić information content (AvgIpc) is 3.21. The summed E-state index contributed by atoms with van der Waals surface area (Å²) < 4.78 is 12.6. The standard InChI is InChI=1S/C29H45NO3/c1-17-8-13-29(30-16-17)18(2)26-25(33-29)15-24-22-7-6-20-14-21(32-19(3)31)9-11-27(20,4)23(22)10-12-28(24,26)5/h6,17-18,21-26,30H,7-16H2,1-5H3/t17-,18+,21-,22+,23-,24-,25-,26-,27-,28-,29-/m0/s1. The molecular weight excluding hydrogens is 410 g/mol. The number of nitrogens with one attached hydrogen (secondary N) is 1. The van der Waals surface area contributed by atoms with Crippen LogP contribution < -0.4 is 5.32 Å². The van der Waals surface area contributed by atoms with Crippen LogP contribution in [0.3, 0.4) is 0 Å². The van der Waals surface area contributed by atoms with Gasteiger partial charge >= 0.3 is 5.97 Å². The lowest BCUT2D eigenvalue weighted by atomic mass is 9.47. The molecule has 11 atom stereocenters. The van der Waals surface area contributed by atoms with Crippen molar-refractivity contribution in [2.75, 3.05) is 6.54 Å². The van der Waals surface area contributed by atoms with Crippen molar-refractivity contribution in [2.24, 2.45) is 46.3 Å². The molecular formula is C29H45NO3. The zero-order chi connectivity index (χ0) is 23.2. The molecule has 4 aliphatic carbocycles. The van der Waals surface area contributed by atoms with Crippen LogP contribution >= 0.6 is 0 Å². The molecule has 6 aliphatic rings. The van der Waals surface area contributed by atoms with Crippen LogP contribution in [0.4, 0.5) is 0 Å². The summed E-state index contributed by atoms with van der Waals surface area (Å²) in [6.45, 7) is 12.7. The summed E-state index contributed by atoms with van der Waals surface area (Å²) in [6.07, 6.45) is 13.9. The van der Waals surface area contributed by atoms with Crippen LogP contribution in [0.25, 0.3) is 0 Å². The van der Waals surface area contributed by atoms with Gasteiger partial charge in [-0.05, 0) is 91.8 Å². The Balaban J connectivity index is 1.24. The lowest BCUT2D eigenvalue weighted by Crippen LogP contribution is -2.57. The molecule has 2 saturated heterocycles. The highest BCUT2D eigenvalue weighted by Gasteiger charge is 2.68. The summed E-state index contributed by atoms with van der Waals surface area (Å²) in [4.78, 5) is 11.5. The number of hydrogen-bond acceptors (Lipinski definition) is 4. The van der Waals surface area contributed by atoms with Gasteiger partial charge in [-0.1, -0.05) is 39.3 Å². The van der Waals surface area contributed by atoms with E-state index >= 15 is 0 Å². The molecule has 0 aromatic rings. The minimum absolute atomic E-state index is 0.0621. The van der Waals surface area contributed by atoms with Gasteiger partial charge in [0, 0.05) is 25.8 Å². The van der Waals surface area contributed by atoms with Crippen LogP contribution in [0.1, 0.15) is 92.4 Å². The van der Waals surface area contributed by atoms with E-state index in [2.05, 4.69) is 39.1 Å². The number of piperidine rings is 1. The zero-order valence-corrected chi connectivity index (χ0v) is 21.5. The zero-order valence-electron chi connectivity index (χ0n) is 21.5. The molecule has 4 heteroatoms. The fourth-order valence-electron chi connectivity index (χ4n) is 10.2. The molecule has 4 nitrogen and oxygen atoms in total. The number of rotatable bonds is 1. The van der Waals surface area contributed by atoms with E-state index in [1.807, 2.05) is 0 Å². The fourth-order valence-corrected chi connectivity index (χ4v) is 10.2. The number of allylic oxidation sites excluding steroid dienone is 1.